The summed E-state index contributed by atoms with van der Waals surface area (Å²) in [7, 11) is 1.63. The van der Waals surface area contributed by atoms with E-state index in [4.69, 9.17) is 33.2 Å². The van der Waals surface area contributed by atoms with Crippen LogP contribution in [-0.4, -0.2) is 54.1 Å². The van der Waals surface area contributed by atoms with Gasteiger partial charge in [0.2, 0.25) is 12.2 Å². The number of methoxy groups -OCH3 is 1. The summed E-state index contributed by atoms with van der Waals surface area (Å²) in [6, 6.07) is 46.2. The van der Waals surface area contributed by atoms with Crippen LogP contribution in [0.5, 0.6) is 11.5 Å². The van der Waals surface area contributed by atoms with E-state index < -0.39 is 66.4 Å². The first-order valence-electron chi connectivity index (χ1n) is 22.2. The number of hydrogen-bond donors (Lipinski definition) is 0. The molecule has 6 aromatic rings. The van der Waals surface area contributed by atoms with Gasteiger partial charge >= 0.3 is 5.97 Å². The third-order valence-corrected chi connectivity index (χ3v) is 12.9. The molecule has 2 saturated heterocycles. The molecule has 0 spiro atoms. The van der Waals surface area contributed by atoms with Crippen LogP contribution in [0.2, 0.25) is 0 Å². The molecule has 2 aliphatic rings. The highest BCUT2D eigenvalue weighted by atomic mass is 127. The van der Waals surface area contributed by atoms with Gasteiger partial charge in [-0.2, -0.15) is 0 Å². The summed E-state index contributed by atoms with van der Waals surface area (Å²) >= 11 is 2.30. The summed E-state index contributed by atoms with van der Waals surface area (Å²) in [5.41, 5.74) is 4.90. The van der Waals surface area contributed by atoms with Crippen molar-refractivity contribution in [3.8, 4) is 11.5 Å². The topological polar surface area (TPSA) is 102 Å². The summed E-state index contributed by atoms with van der Waals surface area (Å²) in [4.78, 5) is 27.8. The number of rotatable bonds is 20. The van der Waals surface area contributed by atoms with Crippen molar-refractivity contribution in [2.75, 3.05) is 16.4 Å². The summed E-state index contributed by atoms with van der Waals surface area (Å²) < 4.78 is 73.3. The lowest BCUT2D eigenvalue weighted by molar-refractivity contribution is -0.299. The fourth-order valence-corrected chi connectivity index (χ4v) is 9.30. The predicted octanol–water partition coefficient (Wildman–Crippen LogP) is 11.1. The first-order chi connectivity index (χ1) is 32.7. The Labute approximate surface area is 403 Å². The molecule has 0 aromatic heterocycles. The summed E-state index contributed by atoms with van der Waals surface area (Å²) in [6.45, 7) is 2.17. The highest BCUT2D eigenvalue weighted by Crippen LogP contribution is 2.47. The van der Waals surface area contributed by atoms with Crippen molar-refractivity contribution in [2.45, 2.75) is 82.4 Å². The minimum absolute atomic E-state index is 0.151. The number of β-lactam (4-membered cyclic amide) rings is 1. The number of ether oxygens (including phenoxy) is 7. The molecule has 0 aliphatic carbocycles. The second kappa shape index (κ2) is 22.9. The van der Waals surface area contributed by atoms with Crippen molar-refractivity contribution in [1.82, 2.24) is 0 Å². The van der Waals surface area contributed by atoms with Crippen molar-refractivity contribution in [2.24, 2.45) is 5.92 Å². The maximum atomic E-state index is 14.1. The molecule has 348 valence electrons. The molecule has 67 heavy (non-hydrogen) atoms. The molecule has 0 saturated carbocycles. The highest BCUT2D eigenvalue weighted by molar-refractivity contribution is 14.1. The maximum Gasteiger partial charge on any atom is 0.303 e. The highest BCUT2D eigenvalue weighted by Gasteiger charge is 2.50. The van der Waals surface area contributed by atoms with Gasteiger partial charge in [-0.1, -0.05) is 120 Å². The van der Waals surface area contributed by atoms with Crippen LogP contribution in [0.4, 0.5) is 14.5 Å². The van der Waals surface area contributed by atoms with Gasteiger partial charge in [-0.25, -0.2) is 8.78 Å². The predicted molar refractivity (Wildman–Crippen MR) is 256 cm³/mol. The zero-order chi connectivity index (χ0) is 46.7. The van der Waals surface area contributed by atoms with Crippen LogP contribution in [-0.2, 0) is 53.1 Å². The summed E-state index contributed by atoms with van der Waals surface area (Å²) in [5.74, 6) is -0.725. The van der Waals surface area contributed by atoms with Gasteiger partial charge in [0.1, 0.15) is 47.5 Å². The maximum absolute atomic E-state index is 14.1. The van der Waals surface area contributed by atoms with Gasteiger partial charge < -0.3 is 38.1 Å². The third-order valence-electron chi connectivity index (χ3n) is 12.0. The SMILES string of the molecule is COc1ccc(CO[C@H]2[C@H](OCc3ccccc3)[C@@H](OCc3ccccc3)[C@H](Oc3ccc([C@@H]4[C@@H](CC[C@H](OC(C)=O)c5ccc(F)cc5)C(=O)N4c4ccc(F)cc4)cc3)O[C@@H]2CI)cc1. The Morgan fingerprint density at radius 3 is 1.78 bits per heavy atom. The second-order valence-electron chi connectivity index (χ2n) is 16.5. The number of alkyl halides is 1. The van der Waals surface area contributed by atoms with Gasteiger partial charge in [0.05, 0.1) is 45.0 Å². The van der Waals surface area contributed by atoms with Gasteiger partial charge in [-0.05, 0) is 101 Å². The standard InChI is InChI=1S/C54H52F2INO9/c1-35(59)65-47(39-15-19-41(55)20-16-39)30-29-46-49(58(53(46)60)43-23-21-42(56)22-24-43)40-17-27-45(28-18-40)66-54-52(64-33-37-11-7-4-8-12-37)51(63-32-36-9-5-3-6-10-36)50(48(31-57)67-54)62-34-38-13-25-44(61-2)26-14-38/h3-28,46-52,54H,29-34H2,1-2H3/t46-,47+,48-,49-,50-,51+,52-,54-/m1/s1. The minimum atomic E-state index is -0.922. The van der Waals surface area contributed by atoms with Crippen LogP contribution in [0.25, 0.3) is 0 Å². The van der Waals surface area contributed by atoms with Gasteiger partial charge in [0.25, 0.3) is 0 Å². The van der Waals surface area contributed by atoms with E-state index in [9.17, 15) is 18.4 Å². The molecule has 10 nitrogen and oxygen atoms in total. The van der Waals surface area contributed by atoms with Crippen molar-refractivity contribution >= 4 is 40.2 Å². The first-order valence-corrected chi connectivity index (χ1v) is 23.7. The molecule has 0 radical (unpaired) electrons. The zero-order valence-corrected chi connectivity index (χ0v) is 39.3. The molecule has 2 aliphatic heterocycles. The average molecular weight is 1020 g/mol. The van der Waals surface area contributed by atoms with Crippen LogP contribution in [0, 0.1) is 17.6 Å². The van der Waals surface area contributed by atoms with Crippen LogP contribution in [0.1, 0.15) is 59.7 Å². The molecule has 0 bridgehead atoms. The molecule has 8 rings (SSSR count). The second-order valence-corrected chi connectivity index (χ2v) is 17.4. The minimum Gasteiger partial charge on any atom is -0.497 e. The normalized spacial score (nSPS) is 21.8. The number of esters is 1. The summed E-state index contributed by atoms with van der Waals surface area (Å²) in [5, 5.41) is 0. The Morgan fingerprint density at radius 1 is 0.672 bits per heavy atom. The Bertz CT molecular complexity index is 2500. The largest absolute Gasteiger partial charge is 0.497 e. The number of anilines is 1. The lowest BCUT2D eigenvalue weighted by atomic mass is 9.78. The van der Waals surface area contributed by atoms with Crippen LogP contribution in [0.15, 0.2) is 158 Å². The van der Waals surface area contributed by atoms with Crippen LogP contribution >= 0.6 is 22.6 Å². The van der Waals surface area contributed by atoms with Gasteiger partial charge in [-0.15, -0.1) is 0 Å². The molecule has 8 atom stereocenters. The van der Waals surface area contributed by atoms with E-state index in [1.807, 2.05) is 109 Å². The number of carbonyl (C=O) groups excluding carboxylic acids is 2. The molecule has 13 heteroatoms. The third kappa shape index (κ3) is 12.1. The summed E-state index contributed by atoms with van der Waals surface area (Å²) in [6.07, 6.45) is -3.31. The quantitative estimate of drug-likeness (QED) is 0.0320. The van der Waals surface area contributed by atoms with Crippen LogP contribution in [0.3, 0.4) is 0 Å². The van der Waals surface area contributed by atoms with Crippen LogP contribution < -0.4 is 14.4 Å². The molecule has 2 heterocycles. The van der Waals surface area contributed by atoms with Crippen molar-refractivity contribution in [1.29, 1.82) is 0 Å². The molecule has 2 fully saturated rings. The first kappa shape index (κ1) is 47.8. The van der Waals surface area contributed by atoms with Gasteiger partial charge in [0.15, 0.2) is 0 Å². The van der Waals surface area contributed by atoms with E-state index in [2.05, 4.69) is 22.6 Å². The fraction of sp³-hybridized carbons (Fsp3) is 0.296. The van der Waals surface area contributed by atoms with E-state index in [1.165, 1.54) is 31.2 Å². The van der Waals surface area contributed by atoms with Gasteiger partial charge in [-0.3, -0.25) is 9.59 Å². The lowest BCUT2D eigenvalue weighted by Gasteiger charge is -2.48. The molecule has 0 unspecified atom stereocenters. The van der Waals surface area contributed by atoms with E-state index in [1.54, 1.807) is 36.3 Å². The number of amides is 1. The average Bonchev–Trinajstić information content (AvgIpc) is 3.35. The Hall–Kier alpha value is -5.71. The Balaban J connectivity index is 1.06. The molecular formula is C54H52F2INO9. The zero-order valence-electron chi connectivity index (χ0n) is 37.1. The number of nitrogens with zero attached hydrogens (tertiary/aromatic N) is 1. The molecule has 1 amide bonds. The van der Waals surface area contributed by atoms with E-state index >= 15 is 0 Å². The fourth-order valence-electron chi connectivity index (χ4n) is 8.59. The van der Waals surface area contributed by atoms with Crippen molar-refractivity contribution in [3.05, 3.63) is 197 Å². The van der Waals surface area contributed by atoms with E-state index in [-0.39, 0.29) is 12.5 Å². The number of benzene rings is 6. The monoisotopic (exact) mass is 1020 g/mol. The van der Waals surface area contributed by atoms with Crippen molar-refractivity contribution in [3.63, 3.8) is 0 Å². The number of hydrogen-bond acceptors (Lipinski definition) is 9. The van der Waals surface area contributed by atoms with Gasteiger partial charge in [0, 0.05) is 17.0 Å². The Kier molecular flexibility index (Phi) is 16.3. The smallest absolute Gasteiger partial charge is 0.303 e. The lowest BCUT2D eigenvalue weighted by Crippen LogP contribution is -2.62. The Morgan fingerprint density at radius 2 is 1.21 bits per heavy atom. The van der Waals surface area contributed by atoms with Crippen molar-refractivity contribution < 1.29 is 51.5 Å². The molecule has 6 aromatic carbocycles. The molecule has 0 N–H and O–H groups in total. The number of carbonyl (C=O) groups is 2. The van der Waals surface area contributed by atoms with E-state index in [0.29, 0.717) is 47.5 Å². The number of halogens is 3. The molecular weight excluding hydrogens is 971 g/mol. The van der Waals surface area contributed by atoms with E-state index in [0.717, 1.165) is 28.0 Å².